The van der Waals surface area contributed by atoms with Gasteiger partial charge in [-0.05, 0) is 62.1 Å². The molecular formula is C26H27NO3. The number of carboxylic acids is 1. The predicted octanol–water partition coefficient (Wildman–Crippen LogP) is 5.73. The van der Waals surface area contributed by atoms with Crippen LogP contribution in [-0.2, 0) is 4.79 Å². The van der Waals surface area contributed by atoms with Crippen LogP contribution in [0.4, 0.5) is 0 Å². The molecule has 0 amide bonds. The largest absolute Gasteiger partial charge is 0.480 e. The Morgan fingerprint density at radius 3 is 2.33 bits per heavy atom. The Bertz CT molecular complexity index is 1010. The Hall–Kier alpha value is -3.11. The van der Waals surface area contributed by atoms with Crippen molar-refractivity contribution in [3.05, 3.63) is 95.1 Å². The van der Waals surface area contributed by atoms with Gasteiger partial charge in [0.25, 0.3) is 0 Å². The molecule has 0 bridgehead atoms. The molecular weight excluding hydrogens is 374 g/mol. The molecule has 1 N–H and O–H groups in total. The number of carboxylic acid groups (broad SMARTS) is 1. The summed E-state index contributed by atoms with van der Waals surface area (Å²) in [4.78, 5) is 14.1. The molecule has 3 aromatic carbocycles. The van der Waals surface area contributed by atoms with Crippen LogP contribution in [0.1, 0.15) is 41.1 Å². The molecule has 4 rings (SSSR count). The summed E-state index contributed by atoms with van der Waals surface area (Å²) in [5.74, 6) is 0.778. The highest BCUT2D eigenvalue weighted by Crippen LogP contribution is 2.37. The first-order chi connectivity index (χ1) is 14.5. The van der Waals surface area contributed by atoms with Gasteiger partial charge in [0, 0.05) is 6.54 Å². The van der Waals surface area contributed by atoms with Crippen molar-refractivity contribution in [1.29, 1.82) is 0 Å². The SMILES string of the molecule is Cc1cc(C)cc(C(c2cccc(Oc3ccccc3)c2)N2CCCC2C(=O)O)c1. The Morgan fingerprint density at radius 1 is 0.933 bits per heavy atom. The van der Waals surface area contributed by atoms with Crippen LogP contribution in [0.5, 0.6) is 11.5 Å². The van der Waals surface area contributed by atoms with Gasteiger partial charge in [-0.2, -0.15) is 0 Å². The summed E-state index contributed by atoms with van der Waals surface area (Å²) >= 11 is 0. The molecule has 0 saturated carbocycles. The van der Waals surface area contributed by atoms with Gasteiger partial charge in [0.05, 0.1) is 6.04 Å². The molecule has 1 aliphatic heterocycles. The van der Waals surface area contributed by atoms with Crippen LogP contribution in [0.2, 0.25) is 0 Å². The third-order valence-electron chi connectivity index (χ3n) is 5.62. The van der Waals surface area contributed by atoms with Crippen LogP contribution in [0, 0.1) is 13.8 Å². The van der Waals surface area contributed by atoms with Crippen LogP contribution in [0.15, 0.2) is 72.8 Å². The van der Waals surface area contributed by atoms with Crippen molar-refractivity contribution in [2.24, 2.45) is 0 Å². The molecule has 30 heavy (non-hydrogen) atoms. The number of aliphatic carboxylic acids is 1. The normalized spacial score (nSPS) is 17.6. The van der Waals surface area contributed by atoms with E-state index < -0.39 is 12.0 Å². The summed E-state index contributed by atoms with van der Waals surface area (Å²) in [6.45, 7) is 4.93. The Balaban J connectivity index is 1.76. The molecule has 4 heteroatoms. The first kappa shape index (κ1) is 20.2. The number of hydrogen-bond donors (Lipinski definition) is 1. The first-order valence-electron chi connectivity index (χ1n) is 10.4. The minimum atomic E-state index is -0.751. The highest BCUT2D eigenvalue weighted by atomic mass is 16.5. The molecule has 0 aromatic heterocycles. The number of ether oxygens (including phenoxy) is 1. The van der Waals surface area contributed by atoms with E-state index in [9.17, 15) is 9.90 Å². The van der Waals surface area contributed by atoms with E-state index >= 15 is 0 Å². The Labute approximate surface area is 177 Å². The maximum atomic E-state index is 12.0. The van der Waals surface area contributed by atoms with E-state index in [1.54, 1.807) is 0 Å². The van der Waals surface area contributed by atoms with Crippen molar-refractivity contribution < 1.29 is 14.6 Å². The average Bonchev–Trinajstić information content (AvgIpc) is 3.18. The van der Waals surface area contributed by atoms with E-state index in [1.165, 1.54) is 11.1 Å². The molecule has 1 fully saturated rings. The lowest BCUT2D eigenvalue weighted by atomic mass is 9.93. The molecule has 0 aliphatic carbocycles. The van der Waals surface area contributed by atoms with Crippen LogP contribution in [-0.4, -0.2) is 28.6 Å². The zero-order valence-corrected chi connectivity index (χ0v) is 17.4. The Kier molecular flexibility index (Phi) is 5.86. The number of rotatable bonds is 6. The van der Waals surface area contributed by atoms with Crippen LogP contribution in [0.3, 0.4) is 0 Å². The van der Waals surface area contributed by atoms with Gasteiger partial charge >= 0.3 is 5.97 Å². The number of hydrogen-bond acceptors (Lipinski definition) is 3. The van der Waals surface area contributed by atoms with Gasteiger partial charge in [-0.15, -0.1) is 0 Å². The van der Waals surface area contributed by atoms with Crippen molar-refractivity contribution in [2.75, 3.05) is 6.54 Å². The quantitative estimate of drug-likeness (QED) is 0.573. The number of nitrogens with zero attached hydrogens (tertiary/aromatic N) is 1. The molecule has 0 radical (unpaired) electrons. The maximum Gasteiger partial charge on any atom is 0.320 e. The van der Waals surface area contributed by atoms with Crippen LogP contribution in [0.25, 0.3) is 0 Å². The number of para-hydroxylation sites is 1. The third kappa shape index (κ3) is 4.39. The standard InChI is InChI=1S/C26H27NO3/c1-18-14-19(2)16-21(15-18)25(27-13-7-12-24(27)26(28)29)20-8-6-11-23(17-20)30-22-9-4-3-5-10-22/h3-6,8-11,14-17,24-25H,7,12-13H2,1-2H3,(H,28,29). The van der Waals surface area contributed by atoms with Gasteiger partial charge in [0.1, 0.15) is 17.5 Å². The highest BCUT2D eigenvalue weighted by Gasteiger charge is 2.37. The van der Waals surface area contributed by atoms with Crippen molar-refractivity contribution in [1.82, 2.24) is 4.90 Å². The molecule has 2 unspecified atom stereocenters. The zero-order valence-electron chi connectivity index (χ0n) is 17.4. The minimum absolute atomic E-state index is 0.133. The van der Waals surface area contributed by atoms with E-state index in [0.29, 0.717) is 6.42 Å². The van der Waals surface area contributed by atoms with Gasteiger partial charge in [0.2, 0.25) is 0 Å². The number of carbonyl (C=O) groups is 1. The fourth-order valence-corrected chi connectivity index (χ4v) is 4.48. The van der Waals surface area contributed by atoms with Gasteiger partial charge in [-0.3, -0.25) is 9.69 Å². The highest BCUT2D eigenvalue weighted by molar-refractivity contribution is 5.74. The lowest BCUT2D eigenvalue weighted by Crippen LogP contribution is -2.39. The fourth-order valence-electron chi connectivity index (χ4n) is 4.48. The van der Waals surface area contributed by atoms with Gasteiger partial charge in [0.15, 0.2) is 0 Å². The molecule has 154 valence electrons. The summed E-state index contributed by atoms with van der Waals surface area (Å²) in [5.41, 5.74) is 4.52. The Morgan fingerprint density at radius 2 is 1.63 bits per heavy atom. The zero-order chi connectivity index (χ0) is 21.1. The molecule has 2 atom stereocenters. The second-order valence-electron chi connectivity index (χ2n) is 8.05. The maximum absolute atomic E-state index is 12.0. The van der Waals surface area contributed by atoms with Gasteiger partial charge in [-0.1, -0.05) is 59.7 Å². The van der Waals surface area contributed by atoms with Crippen molar-refractivity contribution >= 4 is 5.97 Å². The topological polar surface area (TPSA) is 49.8 Å². The molecule has 4 nitrogen and oxygen atoms in total. The minimum Gasteiger partial charge on any atom is -0.480 e. The lowest BCUT2D eigenvalue weighted by molar-refractivity contribution is -0.142. The molecule has 1 heterocycles. The fraction of sp³-hybridized carbons (Fsp3) is 0.269. The van der Waals surface area contributed by atoms with Gasteiger partial charge in [-0.25, -0.2) is 0 Å². The summed E-state index contributed by atoms with van der Waals surface area (Å²) in [7, 11) is 0. The van der Waals surface area contributed by atoms with E-state index in [4.69, 9.17) is 4.74 Å². The average molecular weight is 402 g/mol. The number of benzene rings is 3. The number of aryl methyl sites for hydroxylation is 2. The predicted molar refractivity (Wildman–Crippen MR) is 118 cm³/mol. The van der Waals surface area contributed by atoms with Crippen LogP contribution < -0.4 is 4.74 Å². The van der Waals surface area contributed by atoms with Crippen LogP contribution >= 0.6 is 0 Å². The summed E-state index contributed by atoms with van der Waals surface area (Å²) in [5, 5.41) is 9.82. The van der Waals surface area contributed by atoms with Crippen molar-refractivity contribution in [2.45, 2.75) is 38.8 Å². The third-order valence-corrected chi connectivity index (χ3v) is 5.62. The molecule has 0 spiro atoms. The van der Waals surface area contributed by atoms with E-state index in [-0.39, 0.29) is 6.04 Å². The van der Waals surface area contributed by atoms with Crippen molar-refractivity contribution in [3.63, 3.8) is 0 Å². The lowest BCUT2D eigenvalue weighted by Gasteiger charge is -2.32. The smallest absolute Gasteiger partial charge is 0.320 e. The first-order valence-corrected chi connectivity index (χ1v) is 10.4. The summed E-state index contributed by atoms with van der Waals surface area (Å²) in [6.07, 6.45) is 1.56. The van der Waals surface area contributed by atoms with E-state index in [1.807, 2.05) is 48.5 Å². The molecule has 1 saturated heterocycles. The van der Waals surface area contributed by atoms with Gasteiger partial charge < -0.3 is 9.84 Å². The molecule has 3 aromatic rings. The number of likely N-dealkylation sites (tertiary alicyclic amines) is 1. The second kappa shape index (κ2) is 8.72. The van der Waals surface area contributed by atoms with Crippen molar-refractivity contribution in [3.8, 4) is 11.5 Å². The van der Waals surface area contributed by atoms with E-state index in [2.05, 4.69) is 43.0 Å². The second-order valence-corrected chi connectivity index (χ2v) is 8.05. The summed E-state index contributed by atoms with van der Waals surface area (Å²) in [6, 6.07) is 23.6. The molecule has 1 aliphatic rings. The van der Waals surface area contributed by atoms with E-state index in [0.717, 1.165) is 35.6 Å². The summed E-state index contributed by atoms with van der Waals surface area (Å²) < 4.78 is 6.05. The monoisotopic (exact) mass is 401 g/mol.